The standard InChI is InChI=1S/C12H14N4O2S/c13-11(18)9-2-1-3-15(9)7-8-6-10(17)16-4-5-19-12(16)14-8/h4-6,9H,1-3,7H2,(H2,13,18). The highest BCUT2D eigenvalue weighted by atomic mass is 32.1. The summed E-state index contributed by atoms with van der Waals surface area (Å²) in [5.41, 5.74) is 5.99. The van der Waals surface area contributed by atoms with Crippen molar-refractivity contribution in [3.8, 4) is 0 Å². The van der Waals surface area contributed by atoms with Crippen molar-refractivity contribution in [1.82, 2.24) is 14.3 Å². The SMILES string of the molecule is NC(=O)C1CCCN1Cc1cc(=O)n2ccsc2n1. The van der Waals surface area contributed by atoms with Crippen molar-refractivity contribution in [2.75, 3.05) is 6.54 Å². The van der Waals surface area contributed by atoms with Crippen molar-refractivity contribution in [2.24, 2.45) is 5.73 Å². The third-order valence-corrected chi connectivity index (χ3v) is 4.17. The Morgan fingerprint density at radius 1 is 1.58 bits per heavy atom. The predicted octanol–water partition coefficient (Wildman–Crippen LogP) is 0.206. The summed E-state index contributed by atoms with van der Waals surface area (Å²) >= 11 is 1.42. The maximum Gasteiger partial charge on any atom is 0.258 e. The first-order chi connectivity index (χ1) is 9.15. The normalized spacial score (nSPS) is 20.1. The maximum atomic E-state index is 11.9. The number of amides is 1. The molecular formula is C12H14N4O2S. The van der Waals surface area contributed by atoms with Crippen molar-refractivity contribution in [1.29, 1.82) is 0 Å². The molecule has 3 heterocycles. The molecule has 0 saturated carbocycles. The quantitative estimate of drug-likeness (QED) is 0.870. The van der Waals surface area contributed by atoms with Gasteiger partial charge >= 0.3 is 0 Å². The molecule has 100 valence electrons. The average molecular weight is 278 g/mol. The summed E-state index contributed by atoms with van der Waals surface area (Å²) < 4.78 is 1.52. The number of aromatic nitrogens is 2. The lowest BCUT2D eigenvalue weighted by Gasteiger charge is -2.20. The van der Waals surface area contributed by atoms with Gasteiger partial charge < -0.3 is 5.73 Å². The predicted molar refractivity (Wildman–Crippen MR) is 72.0 cm³/mol. The lowest BCUT2D eigenvalue weighted by molar-refractivity contribution is -0.122. The van der Waals surface area contributed by atoms with Crippen LogP contribution in [0.5, 0.6) is 0 Å². The van der Waals surface area contributed by atoms with Crippen molar-refractivity contribution in [2.45, 2.75) is 25.4 Å². The lowest BCUT2D eigenvalue weighted by atomic mass is 10.2. The Morgan fingerprint density at radius 2 is 2.42 bits per heavy atom. The van der Waals surface area contributed by atoms with Crippen LogP contribution in [-0.2, 0) is 11.3 Å². The monoisotopic (exact) mass is 278 g/mol. The highest BCUT2D eigenvalue weighted by Crippen LogP contribution is 2.19. The van der Waals surface area contributed by atoms with Gasteiger partial charge in [0.2, 0.25) is 5.91 Å². The molecule has 1 fully saturated rings. The van der Waals surface area contributed by atoms with E-state index < -0.39 is 0 Å². The summed E-state index contributed by atoms with van der Waals surface area (Å²) in [6, 6.07) is 1.29. The van der Waals surface area contributed by atoms with E-state index >= 15 is 0 Å². The maximum absolute atomic E-state index is 11.9. The lowest BCUT2D eigenvalue weighted by Crippen LogP contribution is -2.40. The van der Waals surface area contributed by atoms with Crippen molar-refractivity contribution in [3.63, 3.8) is 0 Å². The molecular weight excluding hydrogens is 264 g/mol. The third-order valence-electron chi connectivity index (χ3n) is 3.41. The molecule has 3 rings (SSSR count). The van der Waals surface area contributed by atoms with Gasteiger partial charge in [-0.3, -0.25) is 18.9 Å². The molecule has 0 spiro atoms. The van der Waals surface area contributed by atoms with Crippen LogP contribution in [0.4, 0.5) is 0 Å². The second-order valence-corrected chi connectivity index (χ2v) is 5.55. The molecule has 2 aromatic heterocycles. The van der Waals surface area contributed by atoms with Crippen LogP contribution < -0.4 is 11.3 Å². The van der Waals surface area contributed by atoms with E-state index in [4.69, 9.17) is 5.73 Å². The zero-order valence-electron chi connectivity index (χ0n) is 10.3. The largest absolute Gasteiger partial charge is 0.368 e. The first-order valence-corrected chi connectivity index (χ1v) is 7.02. The van der Waals surface area contributed by atoms with Crippen LogP contribution in [0.25, 0.3) is 4.96 Å². The number of primary amides is 1. The van der Waals surface area contributed by atoms with Crippen LogP contribution in [-0.4, -0.2) is 32.8 Å². The molecule has 19 heavy (non-hydrogen) atoms. The van der Waals surface area contributed by atoms with E-state index in [-0.39, 0.29) is 17.5 Å². The zero-order valence-corrected chi connectivity index (χ0v) is 11.1. The minimum absolute atomic E-state index is 0.0870. The Labute approximate surface area is 113 Å². The van der Waals surface area contributed by atoms with Crippen LogP contribution in [0.2, 0.25) is 0 Å². The fraction of sp³-hybridized carbons (Fsp3) is 0.417. The summed E-state index contributed by atoms with van der Waals surface area (Å²) in [6.07, 6.45) is 3.45. The van der Waals surface area contributed by atoms with Gasteiger partial charge in [0.05, 0.1) is 11.7 Å². The van der Waals surface area contributed by atoms with Crippen LogP contribution >= 0.6 is 11.3 Å². The highest BCUT2D eigenvalue weighted by molar-refractivity contribution is 7.15. The van der Waals surface area contributed by atoms with E-state index in [1.165, 1.54) is 21.8 Å². The number of carbonyl (C=O) groups excluding carboxylic acids is 1. The number of hydrogen-bond acceptors (Lipinski definition) is 5. The zero-order chi connectivity index (χ0) is 13.4. The second-order valence-electron chi connectivity index (χ2n) is 4.67. The Morgan fingerprint density at radius 3 is 3.21 bits per heavy atom. The number of hydrogen-bond donors (Lipinski definition) is 1. The van der Waals surface area contributed by atoms with Crippen molar-refractivity contribution in [3.05, 3.63) is 33.7 Å². The van der Waals surface area contributed by atoms with Crippen molar-refractivity contribution < 1.29 is 4.79 Å². The summed E-state index contributed by atoms with van der Waals surface area (Å²) in [4.78, 5) is 30.3. The third kappa shape index (κ3) is 2.26. The van der Waals surface area contributed by atoms with E-state index in [1.54, 1.807) is 6.20 Å². The van der Waals surface area contributed by atoms with Gasteiger partial charge in [0.1, 0.15) is 0 Å². The first-order valence-electron chi connectivity index (χ1n) is 6.14. The fourth-order valence-corrected chi connectivity index (χ4v) is 3.25. The minimum atomic E-state index is -0.300. The van der Waals surface area contributed by atoms with E-state index in [0.29, 0.717) is 17.2 Å². The summed E-state index contributed by atoms with van der Waals surface area (Å²) in [5.74, 6) is -0.300. The number of thiazole rings is 1. The fourth-order valence-electron chi connectivity index (χ4n) is 2.51. The Hall–Kier alpha value is -1.73. The van der Waals surface area contributed by atoms with Crippen LogP contribution in [0.15, 0.2) is 22.4 Å². The molecule has 2 aromatic rings. The molecule has 6 nitrogen and oxygen atoms in total. The smallest absolute Gasteiger partial charge is 0.258 e. The number of likely N-dealkylation sites (tertiary alicyclic amines) is 1. The van der Waals surface area contributed by atoms with Gasteiger partial charge in [-0.2, -0.15) is 0 Å². The second kappa shape index (κ2) is 4.75. The molecule has 1 atom stereocenters. The highest BCUT2D eigenvalue weighted by Gasteiger charge is 2.29. The summed E-state index contributed by atoms with van der Waals surface area (Å²) in [7, 11) is 0. The molecule has 2 N–H and O–H groups in total. The van der Waals surface area contributed by atoms with Gasteiger partial charge in [-0.05, 0) is 19.4 Å². The van der Waals surface area contributed by atoms with Gasteiger partial charge in [-0.25, -0.2) is 4.98 Å². The van der Waals surface area contributed by atoms with Crippen molar-refractivity contribution >= 4 is 22.2 Å². The van der Waals surface area contributed by atoms with Crippen LogP contribution in [0, 0.1) is 0 Å². The van der Waals surface area contributed by atoms with Gasteiger partial charge in [0.15, 0.2) is 4.96 Å². The molecule has 0 aliphatic carbocycles. The molecule has 1 saturated heterocycles. The summed E-state index contributed by atoms with van der Waals surface area (Å²) in [6.45, 7) is 1.32. The number of nitrogens with zero attached hydrogens (tertiary/aromatic N) is 3. The van der Waals surface area contributed by atoms with Gasteiger partial charge in [-0.1, -0.05) is 0 Å². The Balaban J connectivity index is 1.89. The minimum Gasteiger partial charge on any atom is -0.368 e. The Bertz CT molecular complexity index is 678. The van der Waals surface area contributed by atoms with E-state index in [2.05, 4.69) is 4.98 Å². The molecule has 1 unspecified atom stereocenters. The van der Waals surface area contributed by atoms with E-state index in [1.807, 2.05) is 10.3 Å². The number of rotatable bonds is 3. The number of fused-ring (bicyclic) bond motifs is 1. The van der Waals surface area contributed by atoms with Gasteiger partial charge in [0, 0.05) is 24.2 Å². The summed E-state index contributed by atoms with van der Waals surface area (Å²) in [5, 5.41) is 1.83. The molecule has 1 amide bonds. The molecule has 1 aliphatic heterocycles. The first kappa shape index (κ1) is 12.3. The van der Waals surface area contributed by atoms with E-state index in [9.17, 15) is 9.59 Å². The number of carbonyl (C=O) groups is 1. The molecule has 1 aliphatic rings. The molecule has 0 aromatic carbocycles. The van der Waals surface area contributed by atoms with Gasteiger partial charge in [0.25, 0.3) is 5.56 Å². The molecule has 7 heteroatoms. The van der Waals surface area contributed by atoms with Crippen LogP contribution in [0.1, 0.15) is 18.5 Å². The van der Waals surface area contributed by atoms with E-state index in [0.717, 1.165) is 19.4 Å². The van der Waals surface area contributed by atoms with Gasteiger partial charge in [-0.15, -0.1) is 11.3 Å². The average Bonchev–Trinajstić information content (AvgIpc) is 2.97. The topological polar surface area (TPSA) is 80.7 Å². The van der Waals surface area contributed by atoms with Crippen LogP contribution in [0.3, 0.4) is 0 Å². The Kier molecular flexibility index (Phi) is 3.08. The molecule has 0 bridgehead atoms. The molecule has 0 radical (unpaired) electrons. The number of nitrogens with two attached hydrogens (primary N) is 1.